The largest absolute Gasteiger partial charge is 0.394 e. The minimum absolute atomic E-state index is 0.148. The third kappa shape index (κ3) is 18.3. The van der Waals surface area contributed by atoms with E-state index in [-0.39, 0.29) is 18.9 Å². The molecule has 2 rings (SSSR count). The normalized spacial score (nSPS) is 30.2. The van der Waals surface area contributed by atoms with Crippen molar-refractivity contribution < 1.29 is 64.6 Å². The lowest BCUT2D eigenvalue weighted by Crippen LogP contribution is -2.65. The van der Waals surface area contributed by atoms with Crippen molar-refractivity contribution in [3.63, 3.8) is 0 Å². The van der Waals surface area contributed by atoms with Gasteiger partial charge in [-0.05, 0) is 57.8 Å². The molecule has 0 aromatic rings. The molecule has 0 bridgehead atoms. The summed E-state index contributed by atoms with van der Waals surface area (Å²) < 4.78 is 22.5. The molecule has 2 heterocycles. The summed E-state index contributed by atoms with van der Waals surface area (Å²) in [6, 6.07) is -0.968. The number of allylic oxidation sites excluding steroid dienone is 11. The van der Waals surface area contributed by atoms with E-state index in [1.807, 2.05) is 18.2 Å². The minimum atomic E-state index is -1.80. The number of unbranched alkanes of at least 4 members (excludes halogenated alkanes) is 4. The maximum Gasteiger partial charge on any atom is 0.220 e. The molecular weight excluding hydrogens is 726 g/mol. The van der Waals surface area contributed by atoms with Crippen LogP contribution in [0.5, 0.6) is 0 Å². The molecule has 0 aliphatic carbocycles. The van der Waals surface area contributed by atoms with Crippen LogP contribution >= 0.6 is 0 Å². The summed E-state index contributed by atoms with van der Waals surface area (Å²) in [6.07, 6.45) is 17.1. The minimum Gasteiger partial charge on any atom is -0.394 e. The molecule has 0 aromatic heterocycles. The summed E-state index contributed by atoms with van der Waals surface area (Å²) >= 11 is 0. The van der Waals surface area contributed by atoms with Crippen molar-refractivity contribution in [2.24, 2.45) is 0 Å². The molecule has 0 spiro atoms. The quantitative estimate of drug-likeness (QED) is 0.0431. The van der Waals surface area contributed by atoms with Crippen LogP contribution in [0.15, 0.2) is 72.9 Å². The first kappa shape index (κ1) is 49.6. The third-order valence-electron chi connectivity index (χ3n) is 9.39. The first-order valence-electron chi connectivity index (χ1n) is 20.2. The van der Waals surface area contributed by atoms with Crippen molar-refractivity contribution in [1.82, 2.24) is 5.32 Å². The lowest BCUT2D eigenvalue weighted by molar-refractivity contribution is -0.359. The number of aliphatic hydroxyl groups is 8. The molecule has 0 aromatic carbocycles. The lowest BCUT2D eigenvalue weighted by Gasteiger charge is -2.46. The SMILES string of the molecule is CC/C=C\C/C=C\C/C=C\C/C=C\CCC(=O)NC(COC1OC(CO)C(OC2OC(CO)C(O)C(O)C2O)C(O)C1O)C(O)/C=C/CC/C=C/CCCCC. The maximum absolute atomic E-state index is 13.0. The maximum atomic E-state index is 13.0. The fourth-order valence-electron chi connectivity index (χ4n) is 6.02. The zero-order chi connectivity index (χ0) is 41.1. The van der Waals surface area contributed by atoms with Crippen molar-refractivity contribution in [2.45, 2.75) is 164 Å². The van der Waals surface area contributed by atoms with E-state index in [0.29, 0.717) is 12.8 Å². The molecule has 9 N–H and O–H groups in total. The summed E-state index contributed by atoms with van der Waals surface area (Å²) in [7, 11) is 0. The van der Waals surface area contributed by atoms with E-state index in [4.69, 9.17) is 18.9 Å². The first-order chi connectivity index (χ1) is 27.1. The van der Waals surface area contributed by atoms with Crippen LogP contribution in [0.25, 0.3) is 0 Å². The number of hydrogen-bond acceptors (Lipinski definition) is 13. The fourth-order valence-corrected chi connectivity index (χ4v) is 6.02. The van der Waals surface area contributed by atoms with Crippen LogP contribution in [0.2, 0.25) is 0 Å². The molecule has 12 unspecified atom stereocenters. The molecule has 56 heavy (non-hydrogen) atoms. The number of aliphatic hydroxyl groups excluding tert-OH is 8. The summed E-state index contributed by atoms with van der Waals surface area (Å²) in [6.45, 7) is 2.47. The molecule has 0 saturated carbocycles. The van der Waals surface area contributed by atoms with Crippen LogP contribution < -0.4 is 5.32 Å². The van der Waals surface area contributed by atoms with Gasteiger partial charge in [-0.15, -0.1) is 0 Å². The second kappa shape index (κ2) is 29.6. The Hall–Kier alpha value is -2.57. The Kier molecular flexibility index (Phi) is 26.2. The Labute approximate surface area is 332 Å². The van der Waals surface area contributed by atoms with Crippen molar-refractivity contribution >= 4 is 5.91 Å². The number of carbonyl (C=O) groups excluding carboxylic acids is 1. The third-order valence-corrected chi connectivity index (χ3v) is 9.39. The Morgan fingerprint density at radius 2 is 1.23 bits per heavy atom. The Bertz CT molecular complexity index is 1220. The van der Waals surface area contributed by atoms with Gasteiger partial charge in [-0.2, -0.15) is 0 Å². The van der Waals surface area contributed by atoms with E-state index in [1.54, 1.807) is 6.08 Å². The number of amides is 1. The number of hydrogen-bond donors (Lipinski definition) is 9. The Balaban J connectivity index is 2.00. The van der Waals surface area contributed by atoms with E-state index in [9.17, 15) is 45.6 Å². The second-order valence-corrected chi connectivity index (χ2v) is 14.0. The van der Waals surface area contributed by atoms with Crippen molar-refractivity contribution in [1.29, 1.82) is 0 Å². The molecule has 14 heteroatoms. The summed E-state index contributed by atoms with van der Waals surface area (Å²) in [5.74, 6) is -0.338. The van der Waals surface area contributed by atoms with E-state index in [0.717, 1.165) is 51.4 Å². The zero-order valence-corrected chi connectivity index (χ0v) is 33.1. The van der Waals surface area contributed by atoms with Crippen LogP contribution in [0.4, 0.5) is 0 Å². The highest BCUT2D eigenvalue weighted by Gasteiger charge is 2.50. The van der Waals surface area contributed by atoms with Crippen LogP contribution in [0.3, 0.4) is 0 Å². The number of ether oxygens (including phenoxy) is 4. The molecule has 320 valence electrons. The number of rotatable bonds is 27. The highest BCUT2D eigenvalue weighted by Crippen LogP contribution is 2.29. The van der Waals surface area contributed by atoms with Gasteiger partial charge in [0.15, 0.2) is 12.6 Å². The van der Waals surface area contributed by atoms with Gasteiger partial charge in [-0.3, -0.25) is 4.79 Å². The van der Waals surface area contributed by atoms with E-state index in [1.165, 1.54) is 6.42 Å². The van der Waals surface area contributed by atoms with Gasteiger partial charge in [0.05, 0.1) is 32.0 Å². The molecule has 2 aliphatic heterocycles. The van der Waals surface area contributed by atoms with Crippen LogP contribution in [0.1, 0.15) is 90.9 Å². The Morgan fingerprint density at radius 3 is 1.88 bits per heavy atom. The highest BCUT2D eigenvalue weighted by atomic mass is 16.7. The van der Waals surface area contributed by atoms with Gasteiger partial charge in [-0.1, -0.05) is 99.6 Å². The molecular formula is C42H69NO13. The zero-order valence-electron chi connectivity index (χ0n) is 33.1. The molecule has 12 atom stereocenters. The average Bonchev–Trinajstić information content (AvgIpc) is 3.19. The summed E-state index contributed by atoms with van der Waals surface area (Å²) in [5, 5.41) is 86.0. The second-order valence-electron chi connectivity index (χ2n) is 14.0. The van der Waals surface area contributed by atoms with Crippen LogP contribution in [-0.4, -0.2) is 140 Å². The molecule has 2 fully saturated rings. The number of carbonyl (C=O) groups is 1. The lowest BCUT2D eigenvalue weighted by atomic mass is 9.97. The van der Waals surface area contributed by atoms with Gasteiger partial charge < -0.3 is 65.1 Å². The molecule has 2 saturated heterocycles. The van der Waals surface area contributed by atoms with Crippen LogP contribution in [-0.2, 0) is 23.7 Å². The van der Waals surface area contributed by atoms with E-state index in [2.05, 4.69) is 67.8 Å². The van der Waals surface area contributed by atoms with E-state index >= 15 is 0 Å². The molecule has 0 radical (unpaired) electrons. The number of nitrogens with one attached hydrogen (secondary N) is 1. The fraction of sp³-hybridized carbons (Fsp3) is 0.690. The van der Waals surface area contributed by atoms with Gasteiger partial charge in [0, 0.05) is 6.42 Å². The monoisotopic (exact) mass is 795 g/mol. The van der Waals surface area contributed by atoms with Gasteiger partial charge in [-0.25, -0.2) is 0 Å². The van der Waals surface area contributed by atoms with Gasteiger partial charge in [0.2, 0.25) is 5.91 Å². The first-order valence-corrected chi connectivity index (χ1v) is 20.2. The van der Waals surface area contributed by atoms with Crippen molar-refractivity contribution in [3.05, 3.63) is 72.9 Å². The van der Waals surface area contributed by atoms with Gasteiger partial charge in [0.1, 0.15) is 48.8 Å². The van der Waals surface area contributed by atoms with Crippen molar-refractivity contribution in [3.8, 4) is 0 Å². The predicted octanol–water partition coefficient (Wildman–Crippen LogP) is 2.53. The molecule has 1 amide bonds. The van der Waals surface area contributed by atoms with Crippen molar-refractivity contribution in [2.75, 3.05) is 19.8 Å². The van der Waals surface area contributed by atoms with Gasteiger partial charge in [0.25, 0.3) is 0 Å². The van der Waals surface area contributed by atoms with Gasteiger partial charge >= 0.3 is 0 Å². The Morgan fingerprint density at radius 1 is 0.661 bits per heavy atom. The van der Waals surface area contributed by atoms with E-state index < -0.39 is 86.8 Å². The van der Waals surface area contributed by atoms with Crippen LogP contribution in [0, 0.1) is 0 Å². The topological polar surface area (TPSA) is 228 Å². The smallest absolute Gasteiger partial charge is 0.220 e. The average molecular weight is 796 g/mol. The molecule has 14 nitrogen and oxygen atoms in total. The highest BCUT2D eigenvalue weighted by molar-refractivity contribution is 5.76. The standard InChI is InChI=1S/C42H69NO13/c1-3-5-7-9-11-13-14-15-16-18-20-22-24-26-34(47)43-30(31(46)25-23-21-19-17-12-10-8-6-4-2)29-53-41-39(52)37(50)40(33(28-45)55-41)56-42-38(51)36(49)35(48)32(27-44)54-42/h5,7,11-13,15-17,20,22-23,25,30-33,35-42,44-46,48-52H,3-4,6,8-10,14,18-19,21,24,26-29H2,1-2H3,(H,43,47)/b7-5-,13-11-,16-15-,17-12+,22-20-,25-23+. The molecule has 2 aliphatic rings. The predicted molar refractivity (Wildman–Crippen MR) is 212 cm³/mol. The summed E-state index contributed by atoms with van der Waals surface area (Å²) in [5.41, 5.74) is 0. The summed E-state index contributed by atoms with van der Waals surface area (Å²) in [4.78, 5) is 13.0.